The van der Waals surface area contributed by atoms with E-state index >= 15 is 0 Å². The maximum absolute atomic E-state index is 12.2. The van der Waals surface area contributed by atoms with Crippen LogP contribution < -0.4 is 10.1 Å². The molecule has 2 aromatic rings. The summed E-state index contributed by atoms with van der Waals surface area (Å²) in [6.07, 6.45) is 14.3. The smallest absolute Gasteiger partial charge is 0.248 e. The van der Waals surface area contributed by atoms with Gasteiger partial charge >= 0.3 is 0 Å². The third-order valence-corrected chi connectivity index (χ3v) is 5.05. The van der Waals surface area contributed by atoms with Crippen molar-refractivity contribution in [2.24, 2.45) is 17.8 Å². The molecule has 1 amide bonds. The molecule has 0 spiro atoms. The lowest BCUT2D eigenvalue weighted by molar-refractivity contribution is -0.111. The Balaban J connectivity index is 1.31. The average Bonchev–Trinajstić information content (AvgIpc) is 3.29. The highest BCUT2D eigenvalue weighted by atomic mass is 16.5. The van der Waals surface area contributed by atoms with Crippen LogP contribution in [0.5, 0.6) is 5.75 Å². The Labute approximate surface area is 153 Å². The summed E-state index contributed by atoms with van der Waals surface area (Å²) in [4.78, 5) is 16.3. The summed E-state index contributed by atoms with van der Waals surface area (Å²) in [6, 6.07) is 11.3. The maximum Gasteiger partial charge on any atom is 0.248 e. The molecule has 1 aromatic heterocycles. The van der Waals surface area contributed by atoms with E-state index in [1.165, 1.54) is 12.8 Å². The number of carbonyl (C=O) groups is 1. The highest BCUT2D eigenvalue weighted by Crippen LogP contribution is 2.43. The van der Waals surface area contributed by atoms with Crippen LogP contribution in [0, 0.1) is 17.8 Å². The van der Waals surface area contributed by atoms with Crippen LogP contribution in [0.25, 0.3) is 0 Å². The van der Waals surface area contributed by atoms with E-state index in [1.807, 2.05) is 36.4 Å². The summed E-state index contributed by atoms with van der Waals surface area (Å²) in [6.45, 7) is 0.447. The zero-order chi connectivity index (χ0) is 17.8. The van der Waals surface area contributed by atoms with E-state index in [4.69, 9.17) is 4.74 Å². The number of rotatable bonds is 6. The molecule has 0 aliphatic heterocycles. The number of anilines is 1. The number of allylic oxidation sites excluding steroid dienone is 3. The van der Waals surface area contributed by atoms with Crippen molar-refractivity contribution < 1.29 is 9.53 Å². The number of fused-ring (bicyclic) bond motifs is 2. The molecule has 1 N–H and O–H groups in total. The van der Waals surface area contributed by atoms with Crippen LogP contribution >= 0.6 is 0 Å². The quantitative estimate of drug-likeness (QED) is 0.624. The fourth-order valence-corrected chi connectivity index (χ4v) is 3.75. The van der Waals surface area contributed by atoms with Crippen molar-refractivity contribution >= 4 is 11.6 Å². The fraction of sp³-hybridized carbons (Fsp3) is 0.273. The van der Waals surface area contributed by atoms with Crippen LogP contribution in [-0.4, -0.2) is 10.9 Å². The molecule has 1 unspecified atom stereocenters. The minimum absolute atomic E-state index is 0.0961. The molecule has 0 saturated heterocycles. The Bertz CT molecular complexity index is 829. The average molecular weight is 346 g/mol. The molecular weight excluding hydrogens is 324 g/mol. The lowest BCUT2D eigenvalue weighted by Crippen LogP contribution is -2.10. The molecule has 1 saturated carbocycles. The van der Waals surface area contributed by atoms with Gasteiger partial charge in [-0.25, -0.2) is 0 Å². The minimum Gasteiger partial charge on any atom is -0.489 e. The van der Waals surface area contributed by atoms with Gasteiger partial charge in [0.15, 0.2) is 0 Å². The molecule has 4 nitrogen and oxygen atoms in total. The summed E-state index contributed by atoms with van der Waals surface area (Å²) < 4.78 is 5.77. The second-order valence-corrected chi connectivity index (χ2v) is 6.97. The highest BCUT2D eigenvalue weighted by Gasteiger charge is 2.33. The van der Waals surface area contributed by atoms with Crippen LogP contribution in [0.15, 0.2) is 73.1 Å². The Morgan fingerprint density at radius 3 is 2.96 bits per heavy atom. The Hall–Kier alpha value is -2.88. The van der Waals surface area contributed by atoms with E-state index in [1.54, 1.807) is 18.5 Å². The zero-order valence-corrected chi connectivity index (χ0v) is 14.5. The van der Waals surface area contributed by atoms with E-state index in [0.29, 0.717) is 30.1 Å². The topological polar surface area (TPSA) is 51.2 Å². The number of ether oxygens (including phenoxy) is 1. The van der Waals surface area contributed by atoms with Crippen LogP contribution in [0.2, 0.25) is 0 Å². The van der Waals surface area contributed by atoms with E-state index in [-0.39, 0.29) is 5.91 Å². The molecule has 2 aliphatic rings. The molecule has 2 aliphatic carbocycles. The predicted octanol–water partition coefficient (Wildman–Crippen LogP) is 4.37. The minimum atomic E-state index is -0.0961. The van der Waals surface area contributed by atoms with E-state index in [0.717, 1.165) is 11.3 Å². The number of pyridine rings is 1. The highest BCUT2D eigenvalue weighted by molar-refractivity contribution is 5.99. The van der Waals surface area contributed by atoms with Crippen molar-refractivity contribution in [3.8, 4) is 5.75 Å². The number of nitrogens with zero attached hydrogens (tertiary/aromatic N) is 1. The molecule has 1 aromatic carbocycles. The molecule has 26 heavy (non-hydrogen) atoms. The molecular formula is C22H22N2O2. The first-order chi connectivity index (χ1) is 12.8. The Kier molecular flexibility index (Phi) is 4.82. The summed E-state index contributed by atoms with van der Waals surface area (Å²) in [5.74, 6) is 2.46. The maximum atomic E-state index is 12.2. The standard InChI is InChI=1S/C22H22N2O2/c25-22(9-8-19-12-16-6-7-18(19)11-16)24-20-4-1-5-21(13-20)26-15-17-3-2-10-23-14-17/h1-10,13-14,16,18-19H,11-12,15H2,(H,24,25)/t16-,18+,19?/m0/s1. The lowest BCUT2D eigenvalue weighted by Gasteiger charge is -2.13. The third kappa shape index (κ3) is 4.02. The van der Waals surface area contributed by atoms with Gasteiger partial charge < -0.3 is 10.1 Å². The van der Waals surface area contributed by atoms with Crippen molar-refractivity contribution in [1.29, 1.82) is 0 Å². The second kappa shape index (κ2) is 7.56. The van der Waals surface area contributed by atoms with Gasteiger partial charge in [-0.3, -0.25) is 9.78 Å². The first kappa shape index (κ1) is 16.6. The van der Waals surface area contributed by atoms with Crippen molar-refractivity contribution in [1.82, 2.24) is 4.98 Å². The molecule has 1 heterocycles. The van der Waals surface area contributed by atoms with E-state index in [2.05, 4.69) is 28.5 Å². The van der Waals surface area contributed by atoms with Crippen molar-refractivity contribution in [2.75, 3.05) is 5.32 Å². The van der Waals surface area contributed by atoms with E-state index in [9.17, 15) is 4.79 Å². The Morgan fingerprint density at radius 2 is 2.19 bits per heavy atom. The van der Waals surface area contributed by atoms with Gasteiger partial charge in [0.05, 0.1) is 0 Å². The zero-order valence-electron chi connectivity index (χ0n) is 14.5. The fourth-order valence-electron chi connectivity index (χ4n) is 3.75. The largest absolute Gasteiger partial charge is 0.489 e. The summed E-state index contributed by atoms with van der Waals surface area (Å²) in [5, 5.41) is 2.91. The van der Waals surface area contributed by atoms with Crippen molar-refractivity contribution in [2.45, 2.75) is 19.4 Å². The number of nitrogens with one attached hydrogen (secondary N) is 1. The van der Waals surface area contributed by atoms with Gasteiger partial charge in [-0.1, -0.05) is 30.4 Å². The van der Waals surface area contributed by atoms with E-state index < -0.39 is 0 Å². The molecule has 132 valence electrons. The van der Waals surface area contributed by atoms with Crippen LogP contribution in [0.1, 0.15) is 18.4 Å². The van der Waals surface area contributed by atoms with Gasteiger partial charge in [-0.15, -0.1) is 0 Å². The van der Waals surface area contributed by atoms with Gasteiger partial charge in [0.2, 0.25) is 5.91 Å². The number of hydrogen-bond donors (Lipinski definition) is 1. The normalized spacial score (nSPS) is 23.5. The van der Waals surface area contributed by atoms with Crippen molar-refractivity contribution in [3.05, 3.63) is 78.7 Å². The number of hydrogen-bond acceptors (Lipinski definition) is 3. The summed E-state index contributed by atoms with van der Waals surface area (Å²) in [5.41, 5.74) is 1.74. The van der Waals surface area contributed by atoms with Gasteiger partial charge in [0, 0.05) is 29.7 Å². The van der Waals surface area contributed by atoms with Crippen molar-refractivity contribution in [3.63, 3.8) is 0 Å². The second-order valence-electron chi connectivity index (χ2n) is 6.97. The monoisotopic (exact) mass is 346 g/mol. The number of amides is 1. The molecule has 3 atom stereocenters. The van der Waals surface area contributed by atoms with Gasteiger partial charge in [0.25, 0.3) is 0 Å². The molecule has 1 fully saturated rings. The number of aromatic nitrogens is 1. The molecule has 4 rings (SSSR count). The summed E-state index contributed by atoms with van der Waals surface area (Å²) in [7, 11) is 0. The van der Waals surface area contributed by atoms with Gasteiger partial charge in [-0.05, 0) is 54.9 Å². The Morgan fingerprint density at radius 1 is 1.23 bits per heavy atom. The van der Waals surface area contributed by atoms with Crippen LogP contribution in [0.3, 0.4) is 0 Å². The SMILES string of the molecule is O=C(C=CC1C[C@H]2C=C[C@@H]1C2)Nc1cccc(OCc2cccnc2)c1. The molecule has 4 heteroatoms. The van der Waals surface area contributed by atoms with Gasteiger partial charge in [-0.2, -0.15) is 0 Å². The third-order valence-electron chi connectivity index (χ3n) is 5.05. The number of benzene rings is 1. The lowest BCUT2D eigenvalue weighted by atomic mass is 9.93. The molecule has 2 bridgehead atoms. The van der Waals surface area contributed by atoms with Gasteiger partial charge in [0.1, 0.15) is 12.4 Å². The first-order valence-corrected chi connectivity index (χ1v) is 9.05. The van der Waals surface area contributed by atoms with Crippen LogP contribution in [-0.2, 0) is 11.4 Å². The molecule has 0 radical (unpaired) electrons. The van der Waals surface area contributed by atoms with Crippen LogP contribution in [0.4, 0.5) is 5.69 Å². The predicted molar refractivity (Wildman–Crippen MR) is 102 cm³/mol. The summed E-state index contributed by atoms with van der Waals surface area (Å²) >= 11 is 0. The number of carbonyl (C=O) groups excluding carboxylic acids is 1. The first-order valence-electron chi connectivity index (χ1n) is 9.05.